The minimum absolute atomic E-state index is 0.190. The van der Waals surface area contributed by atoms with Crippen molar-refractivity contribution in [1.29, 1.82) is 0 Å². The summed E-state index contributed by atoms with van der Waals surface area (Å²) in [5.74, 6) is 0.190. The highest BCUT2D eigenvalue weighted by Crippen LogP contribution is 1.95. The van der Waals surface area contributed by atoms with E-state index in [1.807, 2.05) is 19.1 Å². The molecule has 0 aliphatic carbocycles. The zero-order valence-corrected chi connectivity index (χ0v) is 8.05. The Kier molecular flexibility index (Phi) is 7.66. The van der Waals surface area contributed by atoms with E-state index in [0.29, 0.717) is 6.42 Å². The Labute approximate surface area is 75.2 Å². The molecular weight excluding hydrogens is 148 g/mol. The molecule has 0 aliphatic heterocycles. The first kappa shape index (κ1) is 11.2. The van der Waals surface area contributed by atoms with Gasteiger partial charge in [-0.05, 0) is 12.5 Å². The van der Waals surface area contributed by atoms with Crippen molar-refractivity contribution in [3.8, 4) is 0 Å². The predicted molar refractivity (Wildman–Crippen MR) is 53.1 cm³/mol. The number of allylic oxidation sites excluding steroid dienone is 4. The summed E-state index contributed by atoms with van der Waals surface area (Å²) in [5.41, 5.74) is 0. The molecule has 0 saturated heterocycles. The molecule has 0 unspecified atom stereocenters. The van der Waals surface area contributed by atoms with E-state index < -0.39 is 0 Å². The number of unbranched alkanes of at least 4 members (excludes halogenated alkanes) is 2. The fourth-order valence-corrected chi connectivity index (χ4v) is 0.777. The van der Waals surface area contributed by atoms with Crippen molar-refractivity contribution in [2.45, 2.75) is 39.5 Å². The highest BCUT2D eigenvalue weighted by molar-refractivity contribution is 5.89. The molecule has 0 aromatic carbocycles. The minimum Gasteiger partial charge on any atom is -0.295 e. The Morgan fingerprint density at radius 3 is 2.58 bits per heavy atom. The molecular formula is C11H18O. The molecule has 0 bridgehead atoms. The van der Waals surface area contributed by atoms with Gasteiger partial charge in [0.25, 0.3) is 0 Å². The van der Waals surface area contributed by atoms with E-state index in [-0.39, 0.29) is 5.78 Å². The summed E-state index contributed by atoms with van der Waals surface area (Å²) < 4.78 is 0. The average molecular weight is 166 g/mol. The Hall–Kier alpha value is -0.850. The van der Waals surface area contributed by atoms with Gasteiger partial charge in [0.1, 0.15) is 0 Å². The molecule has 68 valence electrons. The van der Waals surface area contributed by atoms with Crippen molar-refractivity contribution in [3.63, 3.8) is 0 Å². The smallest absolute Gasteiger partial charge is 0.155 e. The zero-order valence-electron chi connectivity index (χ0n) is 8.05. The number of hydrogen-bond acceptors (Lipinski definition) is 1. The van der Waals surface area contributed by atoms with Gasteiger partial charge in [-0.1, -0.05) is 44.9 Å². The van der Waals surface area contributed by atoms with Gasteiger partial charge in [-0.25, -0.2) is 0 Å². The number of carbonyl (C=O) groups excluding carboxylic acids is 1. The van der Waals surface area contributed by atoms with Crippen LogP contribution in [0.15, 0.2) is 24.3 Å². The van der Waals surface area contributed by atoms with E-state index in [1.165, 1.54) is 12.8 Å². The summed E-state index contributed by atoms with van der Waals surface area (Å²) in [4.78, 5) is 10.8. The summed E-state index contributed by atoms with van der Waals surface area (Å²) >= 11 is 0. The Morgan fingerprint density at radius 2 is 2.00 bits per heavy atom. The number of ketones is 1. The second-order valence-corrected chi connectivity index (χ2v) is 2.75. The lowest BCUT2D eigenvalue weighted by Crippen LogP contribution is -1.85. The van der Waals surface area contributed by atoms with E-state index in [0.717, 1.165) is 6.42 Å². The molecule has 12 heavy (non-hydrogen) atoms. The molecule has 0 amide bonds. The lowest BCUT2D eigenvalue weighted by atomic mass is 10.2. The van der Waals surface area contributed by atoms with Crippen molar-refractivity contribution in [1.82, 2.24) is 0 Å². The molecule has 0 N–H and O–H groups in total. The first-order chi connectivity index (χ1) is 5.81. The van der Waals surface area contributed by atoms with Crippen molar-refractivity contribution in [3.05, 3.63) is 24.3 Å². The molecule has 0 aliphatic rings. The quantitative estimate of drug-likeness (QED) is 0.336. The Balaban J connectivity index is 3.45. The SMILES string of the molecule is CCCCC=CC=CC(=O)CC. The summed E-state index contributed by atoms with van der Waals surface area (Å²) in [5, 5.41) is 0. The van der Waals surface area contributed by atoms with Crippen LogP contribution in [0, 0.1) is 0 Å². The van der Waals surface area contributed by atoms with Crippen LogP contribution < -0.4 is 0 Å². The van der Waals surface area contributed by atoms with Gasteiger partial charge < -0.3 is 0 Å². The summed E-state index contributed by atoms with van der Waals surface area (Å²) in [7, 11) is 0. The Morgan fingerprint density at radius 1 is 1.25 bits per heavy atom. The summed E-state index contributed by atoms with van der Waals surface area (Å²) in [6.45, 7) is 4.04. The van der Waals surface area contributed by atoms with Crippen LogP contribution in [0.4, 0.5) is 0 Å². The first-order valence-corrected chi connectivity index (χ1v) is 4.67. The van der Waals surface area contributed by atoms with Gasteiger partial charge in [0.05, 0.1) is 0 Å². The number of rotatable bonds is 6. The zero-order chi connectivity index (χ0) is 9.23. The Bertz CT molecular complexity index is 166. The van der Waals surface area contributed by atoms with Crippen LogP contribution >= 0.6 is 0 Å². The normalized spacial score (nSPS) is 11.5. The number of carbonyl (C=O) groups is 1. The first-order valence-electron chi connectivity index (χ1n) is 4.67. The van der Waals surface area contributed by atoms with Gasteiger partial charge >= 0.3 is 0 Å². The van der Waals surface area contributed by atoms with Crippen molar-refractivity contribution in [2.24, 2.45) is 0 Å². The molecule has 0 aromatic rings. The second-order valence-electron chi connectivity index (χ2n) is 2.75. The van der Waals surface area contributed by atoms with Crippen LogP contribution in [0.2, 0.25) is 0 Å². The fraction of sp³-hybridized carbons (Fsp3) is 0.545. The lowest BCUT2D eigenvalue weighted by molar-refractivity contribution is -0.114. The maximum absolute atomic E-state index is 10.8. The molecule has 0 saturated carbocycles. The minimum atomic E-state index is 0.190. The standard InChI is InChI=1S/C11H18O/c1-3-5-6-7-8-9-10-11(12)4-2/h7-10H,3-6H2,1-2H3. The summed E-state index contributed by atoms with van der Waals surface area (Å²) in [6, 6.07) is 0. The van der Waals surface area contributed by atoms with Crippen LogP contribution in [-0.2, 0) is 4.79 Å². The van der Waals surface area contributed by atoms with E-state index in [2.05, 4.69) is 13.0 Å². The maximum Gasteiger partial charge on any atom is 0.155 e. The molecule has 0 rings (SSSR count). The van der Waals surface area contributed by atoms with E-state index in [9.17, 15) is 4.79 Å². The van der Waals surface area contributed by atoms with E-state index in [4.69, 9.17) is 0 Å². The highest BCUT2D eigenvalue weighted by atomic mass is 16.1. The largest absolute Gasteiger partial charge is 0.295 e. The third kappa shape index (κ3) is 7.26. The van der Waals surface area contributed by atoms with Crippen molar-refractivity contribution < 1.29 is 4.79 Å². The molecule has 0 spiro atoms. The van der Waals surface area contributed by atoms with Crippen molar-refractivity contribution in [2.75, 3.05) is 0 Å². The average Bonchev–Trinajstić information content (AvgIpc) is 2.10. The third-order valence-corrected chi connectivity index (χ3v) is 1.60. The van der Waals surface area contributed by atoms with Gasteiger partial charge in [0.15, 0.2) is 5.78 Å². The van der Waals surface area contributed by atoms with Crippen molar-refractivity contribution >= 4 is 5.78 Å². The molecule has 0 fully saturated rings. The van der Waals surface area contributed by atoms with E-state index >= 15 is 0 Å². The van der Waals surface area contributed by atoms with Crippen LogP contribution in [0.3, 0.4) is 0 Å². The van der Waals surface area contributed by atoms with Gasteiger partial charge in [0, 0.05) is 6.42 Å². The molecule has 1 heteroatoms. The number of hydrogen-bond donors (Lipinski definition) is 0. The monoisotopic (exact) mass is 166 g/mol. The van der Waals surface area contributed by atoms with Gasteiger partial charge in [-0.2, -0.15) is 0 Å². The van der Waals surface area contributed by atoms with Crippen LogP contribution in [0.5, 0.6) is 0 Å². The molecule has 0 heterocycles. The maximum atomic E-state index is 10.8. The molecule has 0 atom stereocenters. The van der Waals surface area contributed by atoms with Gasteiger partial charge in [0.2, 0.25) is 0 Å². The highest BCUT2D eigenvalue weighted by Gasteiger charge is 1.85. The second kappa shape index (κ2) is 8.25. The molecule has 0 aromatic heterocycles. The topological polar surface area (TPSA) is 17.1 Å². The van der Waals surface area contributed by atoms with Gasteiger partial charge in [-0.3, -0.25) is 4.79 Å². The van der Waals surface area contributed by atoms with Crippen LogP contribution in [0.1, 0.15) is 39.5 Å². The van der Waals surface area contributed by atoms with Gasteiger partial charge in [-0.15, -0.1) is 0 Å². The third-order valence-electron chi connectivity index (χ3n) is 1.60. The van der Waals surface area contributed by atoms with E-state index in [1.54, 1.807) is 6.08 Å². The van der Waals surface area contributed by atoms with Crippen LogP contribution in [0.25, 0.3) is 0 Å². The molecule has 1 nitrogen and oxygen atoms in total. The lowest BCUT2D eigenvalue weighted by Gasteiger charge is -1.85. The van der Waals surface area contributed by atoms with Crippen LogP contribution in [-0.4, -0.2) is 5.78 Å². The fourth-order valence-electron chi connectivity index (χ4n) is 0.777. The summed E-state index contributed by atoms with van der Waals surface area (Å²) in [6.07, 6.45) is 11.7. The predicted octanol–water partition coefficient (Wildman–Crippen LogP) is 3.27. The molecule has 0 radical (unpaired) electrons.